The van der Waals surface area contributed by atoms with E-state index in [4.69, 9.17) is 4.74 Å². The molecular formula is C21H22N4O3S. The molecule has 7 nitrogen and oxygen atoms in total. The van der Waals surface area contributed by atoms with Crippen LogP contribution in [0.5, 0.6) is 5.75 Å². The van der Waals surface area contributed by atoms with Gasteiger partial charge in [0.25, 0.3) is 11.5 Å². The molecule has 0 fully saturated rings. The molecule has 1 N–H and O–H groups in total. The number of amides is 1. The third-order valence-electron chi connectivity index (χ3n) is 5.15. The van der Waals surface area contributed by atoms with Gasteiger partial charge >= 0.3 is 0 Å². The molecule has 0 saturated carbocycles. The van der Waals surface area contributed by atoms with Crippen LogP contribution in [0.25, 0.3) is 10.6 Å². The fraction of sp³-hybridized carbons (Fsp3) is 0.333. The average molecular weight is 410 g/mol. The van der Waals surface area contributed by atoms with E-state index in [1.54, 1.807) is 14.0 Å². The van der Waals surface area contributed by atoms with Gasteiger partial charge in [0.2, 0.25) is 0 Å². The number of hydrogen-bond donors (Lipinski definition) is 1. The minimum atomic E-state index is -0.217. The second-order valence-electron chi connectivity index (χ2n) is 7.21. The lowest BCUT2D eigenvalue weighted by molar-refractivity contribution is 0.0937. The molecule has 0 saturated heterocycles. The second-order valence-corrected chi connectivity index (χ2v) is 8.21. The first-order valence-electron chi connectivity index (χ1n) is 9.40. The molecule has 0 aliphatic carbocycles. The molecule has 1 amide bonds. The highest BCUT2D eigenvalue weighted by molar-refractivity contribution is 7.17. The number of thiazole rings is 1. The molecule has 1 unspecified atom stereocenters. The molecular weight excluding hydrogens is 388 g/mol. The number of carbonyl (C=O) groups excluding carboxylic acids is 1. The molecule has 1 aliphatic rings. The number of benzene rings is 1. The number of aromatic nitrogens is 3. The lowest BCUT2D eigenvalue weighted by atomic mass is 10.1. The van der Waals surface area contributed by atoms with Crippen molar-refractivity contribution in [3.63, 3.8) is 0 Å². The zero-order chi connectivity index (χ0) is 20.7. The lowest BCUT2D eigenvalue weighted by Gasteiger charge is -2.11. The molecule has 0 radical (unpaired) electrons. The Morgan fingerprint density at radius 2 is 2.03 bits per heavy atom. The zero-order valence-corrected chi connectivity index (χ0v) is 17.6. The smallest absolute Gasteiger partial charge is 0.277 e. The van der Waals surface area contributed by atoms with Crippen molar-refractivity contribution < 1.29 is 9.53 Å². The van der Waals surface area contributed by atoms with Crippen molar-refractivity contribution in [2.24, 2.45) is 7.05 Å². The van der Waals surface area contributed by atoms with Crippen LogP contribution in [0.15, 0.2) is 29.1 Å². The number of rotatable bonds is 4. The molecule has 4 rings (SSSR count). The van der Waals surface area contributed by atoms with Crippen LogP contribution in [0.2, 0.25) is 0 Å². The van der Waals surface area contributed by atoms with Crippen molar-refractivity contribution in [2.45, 2.75) is 33.3 Å². The molecule has 2 aromatic heterocycles. The number of ether oxygens (including phenoxy) is 1. The van der Waals surface area contributed by atoms with Gasteiger partial charge in [-0.25, -0.2) is 9.67 Å². The number of nitrogens with one attached hydrogen (secondary N) is 1. The standard InChI is InChI=1S/C21H22N4O3S/c1-11-12(2)24-25(4)21(27)17(11)20-23-13(3)18(29-20)19(26)22-10-15-9-14-7-5-6-8-16(14)28-15/h5-8,15H,9-10H2,1-4H3,(H,22,26). The highest BCUT2D eigenvalue weighted by Crippen LogP contribution is 2.30. The van der Waals surface area contributed by atoms with E-state index in [1.165, 1.54) is 16.0 Å². The summed E-state index contributed by atoms with van der Waals surface area (Å²) in [6.07, 6.45) is 0.691. The van der Waals surface area contributed by atoms with Crippen LogP contribution in [0.3, 0.4) is 0 Å². The van der Waals surface area contributed by atoms with Gasteiger partial charge in [0.1, 0.15) is 21.7 Å². The molecule has 8 heteroatoms. The van der Waals surface area contributed by atoms with Gasteiger partial charge in [-0.15, -0.1) is 11.3 Å². The van der Waals surface area contributed by atoms with E-state index in [0.717, 1.165) is 29.0 Å². The highest BCUT2D eigenvalue weighted by atomic mass is 32.1. The van der Waals surface area contributed by atoms with Gasteiger partial charge in [-0.2, -0.15) is 5.10 Å². The molecule has 3 aromatic rings. The molecule has 29 heavy (non-hydrogen) atoms. The predicted molar refractivity (Wildman–Crippen MR) is 112 cm³/mol. The van der Waals surface area contributed by atoms with Gasteiger partial charge in [0, 0.05) is 13.5 Å². The number of hydrogen-bond acceptors (Lipinski definition) is 6. The average Bonchev–Trinajstić information content (AvgIpc) is 3.28. The van der Waals surface area contributed by atoms with Crippen LogP contribution in [-0.4, -0.2) is 33.3 Å². The van der Waals surface area contributed by atoms with Crippen molar-refractivity contribution in [1.82, 2.24) is 20.1 Å². The Kier molecular flexibility index (Phi) is 4.96. The Morgan fingerprint density at radius 1 is 1.28 bits per heavy atom. The summed E-state index contributed by atoms with van der Waals surface area (Å²) in [5, 5.41) is 7.69. The van der Waals surface area contributed by atoms with Crippen LogP contribution in [0.1, 0.15) is 32.2 Å². The zero-order valence-electron chi connectivity index (χ0n) is 16.8. The van der Waals surface area contributed by atoms with Crippen LogP contribution < -0.4 is 15.6 Å². The van der Waals surface area contributed by atoms with E-state index in [-0.39, 0.29) is 17.6 Å². The second kappa shape index (κ2) is 7.44. The first-order valence-corrected chi connectivity index (χ1v) is 10.2. The Balaban J connectivity index is 1.52. The van der Waals surface area contributed by atoms with Crippen molar-refractivity contribution in [1.29, 1.82) is 0 Å². The Morgan fingerprint density at radius 3 is 2.79 bits per heavy atom. The molecule has 1 aliphatic heterocycles. The van der Waals surface area contributed by atoms with E-state index in [0.29, 0.717) is 27.7 Å². The Hall–Kier alpha value is -3.00. The van der Waals surface area contributed by atoms with Gasteiger partial charge in [-0.1, -0.05) is 18.2 Å². The highest BCUT2D eigenvalue weighted by Gasteiger charge is 2.25. The Labute approximate surface area is 172 Å². The summed E-state index contributed by atoms with van der Waals surface area (Å²) in [4.78, 5) is 30.4. The first kappa shape index (κ1) is 19.3. The SMILES string of the molecule is Cc1nc(-c2c(C)c(C)nn(C)c2=O)sc1C(=O)NCC1Cc2ccccc2O1. The van der Waals surface area contributed by atoms with Crippen LogP contribution in [0.4, 0.5) is 0 Å². The maximum absolute atomic E-state index is 12.8. The number of aryl methyl sites for hydroxylation is 3. The molecule has 1 atom stereocenters. The number of nitrogens with zero attached hydrogens (tertiary/aromatic N) is 3. The summed E-state index contributed by atoms with van der Waals surface area (Å²) < 4.78 is 7.19. The summed E-state index contributed by atoms with van der Waals surface area (Å²) in [6, 6.07) is 7.90. The van der Waals surface area contributed by atoms with E-state index in [1.807, 2.05) is 38.1 Å². The summed E-state index contributed by atoms with van der Waals surface area (Å²) in [5.41, 5.74) is 3.59. The van der Waals surface area contributed by atoms with Gasteiger partial charge in [0.05, 0.1) is 23.5 Å². The number of fused-ring (bicyclic) bond motifs is 1. The largest absolute Gasteiger partial charge is 0.488 e. The third-order valence-corrected chi connectivity index (χ3v) is 6.32. The van der Waals surface area contributed by atoms with Gasteiger partial charge in [-0.3, -0.25) is 9.59 Å². The minimum Gasteiger partial charge on any atom is -0.488 e. The van der Waals surface area contributed by atoms with E-state index in [9.17, 15) is 9.59 Å². The quantitative estimate of drug-likeness (QED) is 0.714. The summed E-state index contributed by atoms with van der Waals surface area (Å²) in [7, 11) is 1.62. The van der Waals surface area contributed by atoms with Crippen molar-refractivity contribution >= 4 is 17.2 Å². The van der Waals surface area contributed by atoms with Crippen LogP contribution in [0, 0.1) is 20.8 Å². The van der Waals surface area contributed by atoms with E-state index < -0.39 is 0 Å². The molecule has 150 valence electrons. The fourth-order valence-electron chi connectivity index (χ4n) is 3.47. The summed E-state index contributed by atoms with van der Waals surface area (Å²) in [5.74, 6) is 0.674. The molecule has 0 bridgehead atoms. The topological polar surface area (TPSA) is 86.1 Å². The van der Waals surface area contributed by atoms with Crippen molar-refractivity contribution in [3.05, 3.63) is 62.0 Å². The van der Waals surface area contributed by atoms with Gasteiger partial charge < -0.3 is 10.1 Å². The fourth-order valence-corrected chi connectivity index (χ4v) is 4.55. The predicted octanol–water partition coefficient (Wildman–Crippen LogP) is 2.56. The maximum Gasteiger partial charge on any atom is 0.277 e. The van der Waals surface area contributed by atoms with Gasteiger partial charge in [-0.05, 0) is 38.0 Å². The molecule has 1 aromatic carbocycles. The third kappa shape index (κ3) is 3.55. The molecule has 0 spiro atoms. The van der Waals surface area contributed by atoms with Crippen LogP contribution >= 0.6 is 11.3 Å². The van der Waals surface area contributed by atoms with Gasteiger partial charge in [0.15, 0.2) is 0 Å². The monoisotopic (exact) mass is 410 g/mol. The summed E-state index contributed by atoms with van der Waals surface area (Å²) >= 11 is 1.23. The minimum absolute atomic E-state index is 0.0820. The normalized spacial score (nSPS) is 15.1. The number of para-hydroxylation sites is 1. The Bertz CT molecular complexity index is 1140. The lowest BCUT2D eigenvalue weighted by Crippen LogP contribution is -2.34. The maximum atomic E-state index is 12.8. The van der Waals surface area contributed by atoms with Crippen molar-refractivity contribution in [2.75, 3.05) is 6.54 Å². The summed E-state index contributed by atoms with van der Waals surface area (Å²) in [6.45, 7) is 5.90. The van der Waals surface area contributed by atoms with Crippen molar-refractivity contribution in [3.8, 4) is 16.3 Å². The molecule has 3 heterocycles. The first-order chi connectivity index (χ1) is 13.8. The number of carbonyl (C=O) groups is 1. The van der Waals surface area contributed by atoms with E-state index >= 15 is 0 Å². The van der Waals surface area contributed by atoms with E-state index in [2.05, 4.69) is 15.4 Å². The van der Waals surface area contributed by atoms with Crippen LogP contribution in [-0.2, 0) is 13.5 Å².